The zero-order chi connectivity index (χ0) is 13.6. The van der Waals surface area contributed by atoms with Crippen LogP contribution in [-0.4, -0.2) is 21.2 Å². The molecule has 0 radical (unpaired) electrons. The number of sulfone groups is 1. The van der Waals surface area contributed by atoms with Crippen LogP contribution in [0.1, 0.15) is 32.6 Å². The van der Waals surface area contributed by atoms with Crippen LogP contribution in [0.3, 0.4) is 0 Å². The first-order valence-electron chi connectivity index (χ1n) is 6.18. The molecule has 0 aliphatic rings. The van der Waals surface area contributed by atoms with E-state index in [2.05, 4.69) is 12.2 Å². The van der Waals surface area contributed by atoms with Crippen molar-refractivity contribution in [3.63, 3.8) is 0 Å². The van der Waals surface area contributed by atoms with Crippen LogP contribution in [0, 0.1) is 5.82 Å². The summed E-state index contributed by atoms with van der Waals surface area (Å²) < 4.78 is 36.2. The fourth-order valence-corrected chi connectivity index (χ4v) is 2.29. The lowest BCUT2D eigenvalue weighted by Gasteiger charge is -2.09. The molecule has 0 heterocycles. The van der Waals surface area contributed by atoms with E-state index in [4.69, 9.17) is 0 Å². The summed E-state index contributed by atoms with van der Waals surface area (Å²) in [5, 5.41) is 2.94. The Morgan fingerprint density at radius 3 is 2.56 bits per heavy atom. The van der Waals surface area contributed by atoms with Gasteiger partial charge in [-0.25, -0.2) is 12.8 Å². The Morgan fingerprint density at radius 2 is 1.94 bits per heavy atom. The van der Waals surface area contributed by atoms with Gasteiger partial charge in [0.25, 0.3) is 0 Å². The second kappa shape index (κ2) is 6.73. The van der Waals surface area contributed by atoms with Gasteiger partial charge in [-0.15, -0.1) is 0 Å². The van der Waals surface area contributed by atoms with Crippen LogP contribution >= 0.6 is 0 Å². The molecule has 3 nitrogen and oxygen atoms in total. The van der Waals surface area contributed by atoms with Crippen molar-refractivity contribution < 1.29 is 12.8 Å². The normalized spacial score (nSPS) is 11.5. The summed E-state index contributed by atoms with van der Waals surface area (Å²) in [4.78, 5) is 0.139. The van der Waals surface area contributed by atoms with Crippen molar-refractivity contribution in [2.75, 3.05) is 18.1 Å². The molecule has 0 atom stereocenters. The van der Waals surface area contributed by atoms with Gasteiger partial charge in [0.15, 0.2) is 9.84 Å². The largest absolute Gasteiger partial charge is 0.383 e. The number of halogens is 1. The Morgan fingerprint density at radius 1 is 1.22 bits per heavy atom. The number of benzene rings is 1. The fraction of sp³-hybridized carbons (Fsp3) is 0.538. The molecule has 0 aliphatic carbocycles. The summed E-state index contributed by atoms with van der Waals surface area (Å²) in [6.07, 6.45) is 5.48. The molecule has 1 aromatic carbocycles. The molecule has 1 aromatic rings. The topological polar surface area (TPSA) is 46.2 Å². The zero-order valence-electron chi connectivity index (χ0n) is 10.9. The molecule has 0 spiro atoms. The standard InChI is InChI=1S/C13H20FNO2S/c1-3-4-5-6-9-15-13-10-11(18(2,16)17)7-8-12(13)14/h7-8,10,15H,3-6,9H2,1-2H3. The van der Waals surface area contributed by atoms with Gasteiger partial charge in [0.05, 0.1) is 10.6 Å². The van der Waals surface area contributed by atoms with Gasteiger partial charge in [0.2, 0.25) is 0 Å². The number of nitrogens with one attached hydrogen (secondary N) is 1. The lowest BCUT2D eigenvalue weighted by molar-refractivity contribution is 0.600. The molecule has 0 aliphatic heterocycles. The minimum Gasteiger partial charge on any atom is -0.383 e. The van der Waals surface area contributed by atoms with Gasteiger partial charge < -0.3 is 5.32 Å². The molecule has 0 aromatic heterocycles. The maximum absolute atomic E-state index is 13.5. The average molecular weight is 273 g/mol. The van der Waals surface area contributed by atoms with Crippen molar-refractivity contribution in [3.05, 3.63) is 24.0 Å². The molecule has 18 heavy (non-hydrogen) atoms. The summed E-state index contributed by atoms with van der Waals surface area (Å²) in [5.74, 6) is -0.419. The number of hydrogen-bond acceptors (Lipinski definition) is 3. The van der Waals surface area contributed by atoms with Crippen molar-refractivity contribution in [1.29, 1.82) is 0 Å². The van der Waals surface area contributed by atoms with Gasteiger partial charge in [-0.05, 0) is 24.6 Å². The van der Waals surface area contributed by atoms with E-state index in [-0.39, 0.29) is 10.6 Å². The number of unbranched alkanes of at least 4 members (excludes halogenated alkanes) is 3. The van der Waals surface area contributed by atoms with Gasteiger partial charge in [0.1, 0.15) is 5.82 Å². The van der Waals surface area contributed by atoms with Crippen LogP contribution in [0.4, 0.5) is 10.1 Å². The van der Waals surface area contributed by atoms with Gasteiger partial charge >= 0.3 is 0 Å². The molecule has 0 bridgehead atoms. The van der Waals surface area contributed by atoms with Crippen LogP contribution < -0.4 is 5.32 Å². The second-order valence-electron chi connectivity index (χ2n) is 4.40. The highest BCUT2D eigenvalue weighted by Gasteiger charge is 2.10. The van der Waals surface area contributed by atoms with Gasteiger partial charge in [0, 0.05) is 12.8 Å². The third kappa shape index (κ3) is 4.64. The minimum atomic E-state index is -3.29. The number of anilines is 1. The smallest absolute Gasteiger partial charge is 0.175 e. The van der Waals surface area contributed by atoms with Crippen LogP contribution in [0.5, 0.6) is 0 Å². The van der Waals surface area contributed by atoms with Crippen LogP contribution in [0.2, 0.25) is 0 Å². The quantitative estimate of drug-likeness (QED) is 0.613. The highest BCUT2D eigenvalue weighted by molar-refractivity contribution is 7.90. The maximum atomic E-state index is 13.5. The highest BCUT2D eigenvalue weighted by atomic mass is 32.2. The Bertz CT molecular complexity index is 486. The SMILES string of the molecule is CCCCCCNc1cc(S(C)(=O)=O)ccc1F. The number of rotatable bonds is 7. The van der Waals surface area contributed by atoms with E-state index in [0.717, 1.165) is 31.9 Å². The first-order valence-corrected chi connectivity index (χ1v) is 8.07. The summed E-state index contributed by atoms with van der Waals surface area (Å²) >= 11 is 0. The third-order valence-electron chi connectivity index (χ3n) is 2.71. The molecule has 1 N–H and O–H groups in total. The van der Waals surface area contributed by atoms with Gasteiger partial charge in [-0.2, -0.15) is 0 Å². The summed E-state index contributed by atoms with van der Waals surface area (Å²) in [7, 11) is -3.29. The van der Waals surface area contributed by atoms with Crippen LogP contribution in [0.15, 0.2) is 23.1 Å². The van der Waals surface area contributed by atoms with E-state index in [1.807, 2.05) is 0 Å². The van der Waals surface area contributed by atoms with E-state index in [0.29, 0.717) is 6.54 Å². The zero-order valence-corrected chi connectivity index (χ0v) is 11.7. The minimum absolute atomic E-state index is 0.139. The molecule has 5 heteroatoms. The highest BCUT2D eigenvalue weighted by Crippen LogP contribution is 2.19. The third-order valence-corrected chi connectivity index (χ3v) is 3.82. The number of hydrogen-bond donors (Lipinski definition) is 1. The lowest BCUT2D eigenvalue weighted by Crippen LogP contribution is -2.05. The predicted molar refractivity (Wildman–Crippen MR) is 72.1 cm³/mol. The average Bonchev–Trinajstić information content (AvgIpc) is 2.29. The molecular weight excluding hydrogens is 253 g/mol. The van der Waals surface area contributed by atoms with E-state index >= 15 is 0 Å². The molecule has 0 amide bonds. The summed E-state index contributed by atoms with van der Waals surface area (Å²) in [6, 6.07) is 3.82. The monoisotopic (exact) mass is 273 g/mol. The van der Waals surface area contributed by atoms with Crippen molar-refractivity contribution >= 4 is 15.5 Å². The van der Waals surface area contributed by atoms with Crippen molar-refractivity contribution in [2.45, 2.75) is 37.5 Å². The van der Waals surface area contributed by atoms with E-state index < -0.39 is 15.7 Å². The van der Waals surface area contributed by atoms with E-state index in [1.54, 1.807) is 0 Å². The fourth-order valence-electron chi connectivity index (χ4n) is 1.65. The Balaban J connectivity index is 2.65. The Hall–Kier alpha value is -1.10. The lowest BCUT2D eigenvalue weighted by atomic mass is 10.2. The molecule has 0 fully saturated rings. The maximum Gasteiger partial charge on any atom is 0.175 e. The molecule has 0 saturated heterocycles. The molecule has 0 unspecified atom stereocenters. The first-order chi connectivity index (χ1) is 8.45. The van der Waals surface area contributed by atoms with Gasteiger partial charge in [-0.1, -0.05) is 26.2 Å². The van der Waals surface area contributed by atoms with E-state index in [1.165, 1.54) is 18.2 Å². The van der Waals surface area contributed by atoms with Crippen molar-refractivity contribution in [1.82, 2.24) is 0 Å². The molecular formula is C13H20FNO2S. The van der Waals surface area contributed by atoms with Crippen LogP contribution in [0.25, 0.3) is 0 Å². The Labute approximate surface area is 108 Å². The van der Waals surface area contributed by atoms with Crippen molar-refractivity contribution in [2.24, 2.45) is 0 Å². The summed E-state index contributed by atoms with van der Waals surface area (Å²) in [5.41, 5.74) is 0.259. The first kappa shape index (κ1) is 15.0. The van der Waals surface area contributed by atoms with Crippen LogP contribution in [-0.2, 0) is 9.84 Å². The van der Waals surface area contributed by atoms with E-state index in [9.17, 15) is 12.8 Å². The predicted octanol–water partition coefficient (Wildman–Crippen LogP) is 3.22. The molecule has 102 valence electrons. The second-order valence-corrected chi connectivity index (χ2v) is 6.42. The van der Waals surface area contributed by atoms with Crippen molar-refractivity contribution in [3.8, 4) is 0 Å². The molecule has 0 saturated carbocycles. The Kier molecular flexibility index (Phi) is 5.59. The van der Waals surface area contributed by atoms with Gasteiger partial charge in [-0.3, -0.25) is 0 Å². The summed E-state index contributed by atoms with van der Waals surface area (Å²) in [6.45, 7) is 2.78. The molecule has 1 rings (SSSR count).